The van der Waals surface area contributed by atoms with Gasteiger partial charge in [-0.2, -0.15) is 0 Å². The van der Waals surface area contributed by atoms with Crippen LogP contribution < -0.4 is 4.74 Å². The Labute approximate surface area is 142 Å². The summed E-state index contributed by atoms with van der Waals surface area (Å²) in [6.45, 7) is 4.61. The first kappa shape index (κ1) is 18.3. The van der Waals surface area contributed by atoms with Gasteiger partial charge < -0.3 is 18.9 Å². The lowest BCUT2D eigenvalue weighted by atomic mass is 9.96. The van der Waals surface area contributed by atoms with Gasteiger partial charge in [0.1, 0.15) is 11.9 Å². The number of rotatable bonds is 8. The van der Waals surface area contributed by atoms with Crippen molar-refractivity contribution >= 4 is 11.9 Å². The Balaban J connectivity index is 2.24. The molecule has 1 aliphatic rings. The van der Waals surface area contributed by atoms with Crippen LogP contribution in [0.2, 0.25) is 0 Å². The quantitative estimate of drug-likeness (QED) is 0.540. The molecule has 0 unspecified atom stereocenters. The van der Waals surface area contributed by atoms with Crippen molar-refractivity contribution in [2.75, 3.05) is 27.4 Å². The number of ether oxygens (including phenoxy) is 4. The van der Waals surface area contributed by atoms with Crippen LogP contribution in [0, 0.1) is 0 Å². The maximum Gasteiger partial charge on any atom is 0.340 e. The lowest BCUT2D eigenvalue weighted by Gasteiger charge is -2.26. The second-order valence-electron chi connectivity index (χ2n) is 5.73. The van der Waals surface area contributed by atoms with Crippen LogP contribution in [0.15, 0.2) is 29.3 Å². The third-order valence-electron chi connectivity index (χ3n) is 4.10. The zero-order valence-electron chi connectivity index (χ0n) is 14.7. The number of carbonyl (C=O) groups excluding carboxylic acids is 1. The van der Waals surface area contributed by atoms with Gasteiger partial charge in [-0.1, -0.05) is 13.3 Å². The van der Waals surface area contributed by atoms with E-state index in [4.69, 9.17) is 18.9 Å². The smallest absolute Gasteiger partial charge is 0.340 e. The van der Waals surface area contributed by atoms with E-state index >= 15 is 0 Å². The first-order valence-corrected chi connectivity index (χ1v) is 8.14. The molecule has 132 valence electrons. The van der Waals surface area contributed by atoms with Crippen LogP contribution in [0.4, 0.5) is 0 Å². The summed E-state index contributed by atoms with van der Waals surface area (Å²) in [5.41, 5.74) is -0.389. The molecule has 0 saturated heterocycles. The summed E-state index contributed by atoms with van der Waals surface area (Å²) in [6.07, 6.45) is 1.49. The van der Waals surface area contributed by atoms with Gasteiger partial charge in [-0.3, -0.25) is 0 Å². The number of benzene rings is 1. The summed E-state index contributed by atoms with van der Waals surface area (Å²) < 4.78 is 21.6. The highest BCUT2D eigenvalue weighted by Crippen LogP contribution is 2.30. The summed E-state index contributed by atoms with van der Waals surface area (Å²) in [5, 5.41) is 0. The van der Waals surface area contributed by atoms with E-state index in [1.807, 2.05) is 24.3 Å². The van der Waals surface area contributed by atoms with E-state index in [2.05, 4.69) is 11.9 Å². The van der Waals surface area contributed by atoms with Gasteiger partial charge in [0.15, 0.2) is 0 Å². The van der Waals surface area contributed by atoms with E-state index in [-0.39, 0.29) is 6.61 Å². The van der Waals surface area contributed by atoms with E-state index in [0.717, 1.165) is 24.2 Å². The Kier molecular flexibility index (Phi) is 6.20. The van der Waals surface area contributed by atoms with Crippen molar-refractivity contribution in [1.82, 2.24) is 0 Å². The number of aliphatic imine (C=N–C) groups is 1. The van der Waals surface area contributed by atoms with E-state index in [9.17, 15) is 4.79 Å². The SMILES string of the molecule is CCCCOC[C@@]1(C(=O)OC)N=C(c2ccc(OC)cc2)O[C@@H]1C. The molecule has 2 atom stereocenters. The lowest BCUT2D eigenvalue weighted by molar-refractivity contribution is -0.152. The van der Waals surface area contributed by atoms with Gasteiger partial charge in [-0.25, -0.2) is 9.79 Å². The second kappa shape index (κ2) is 8.15. The van der Waals surface area contributed by atoms with Crippen molar-refractivity contribution in [2.45, 2.75) is 38.3 Å². The molecule has 0 saturated carbocycles. The predicted octanol–water partition coefficient (Wildman–Crippen LogP) is 2.59. The van der Waals surface area contributed by atoms with Crippen molar-refractivity contribution in [3.05, 3.63) is 29.8 Å². The Bertz CT molecular complexity index is 584. The average molecular weight is 335 g/mol. The first-order valence-electron chi connectivity index (χ1n) is 8.14. The molecule has 0 N–H and O–H groups in total. The summed E-state index contributed by atoms with van der Waals surface area (Å²) in [7, 11) is 2.96. The van der Waals surface area contributed by atoms with Crippen molar-refractivity contribution < 1.29 is 23.7 Å². The van der Waals surface area contributed by atoms with Gasteiger partial charge in [0.25, 0.3) is 0 Å². The minimum atomic E-state index is -1.17. The lowest BCUT2D eigenvalue weighted by Crippen LogP contribution is -2.49. The van der Waals surface area contributed by atoms with Crippen molar-refractivity contribution in [3.63, 3.8) is 0 Å². The maximum absolute atomic E-state index is 12.4. The monoisotopic (exact) mass is 335 g/mol. The van der Waals surface area contributed by atoms with Crippen LogP contribution in [0.1, 0.15) is 32.3 Å². The van der Waals surface area contributed by atoms with Crippen LogP contribution in [0.5, 0.6) is 5.75 Å². The molecule has 1 aliphatic heterocycles. The molecule has 1 aromatic rings. The van der Waals surface area contributed by atoms with Crippen LogP contribution in [-0.2, 0) is 19.0 Å². The predicted molar refractivity (Wildman–Crippen MR) is 90.6 cm³/mol. The Morgan fingerprint density at radius 2 is 2.00 bits per heavy atom. The topological polar surface area (TPSA) is 66.4 Å². The van der Waals surface area contributed by atoms with Crippen molar-refractivity contribution in [1.29, 1.82) is 0 Å². The Morgan fingerprint density at radius 3 is 2.58 bits per heavy atom. The van der Waals surface area contributed by atoms with E-state index < -0.39 is 17.6 Å². The molecule has 6 heteroatoms. The van der Waals surface area contributed by atoms with Crippen LogP contribution in [0.3, 0.4) is 0 Å². The van der Waals surface area contributed by atoms with Crippen molar-refractivity contribution in [3.8, 4) is 5.75 Å². The van der Waals surface area contributed by atoms with Gasteiger partial charge >= 0.3 is 5.97 Å². The zero-order valence-corrected chi connectivity index (χ0v) is 14.7. The van der Waals surface area contributed by atoms with E-state index in [1.165, 1.54) is 7.11 Å². The van der Waals surface area contributed by atoms with Crippen LogP contribution in [0.25, 0.3) is 0 Å². The second-order valence-corrected chi connectivity index (χ2v) is 5.73. The highest BCUT2D eigenvalue weighted by atomic mass is 16.6. The normalized spacial score (nSPS) is 22.7. The number of carbonyl (C=O) groups is 1. The number of esters is 1. The summed E-state index contributed by atoms with van der Waals surface area (Å²) in [5.74, 6) is 0.706. The summed E-state index contributed by atoms with van der Waals surface area (Å²) in [4.78, 5) is 16.9. The molecule has 2 rings (SSSR count). The van der Waals surface area contributed by atoms with E-state index in [1.54, 1.807) is 14.0 Å². The first-order chi connectivity index (χ1) is 11.6. The molecule has 24 heavy (non-hydrogen) atoms. The molecule has 0 spiro atoms. The molecule has 0 aliphatic carbocycles. The van der Waals surface area contributed by atoms with Gasteiger partial charge in [0.05, 0.1) is 20.8 Å². The minimum Gasteiger partial charge on any atom is -0.497 e. The third-order valence-corrected chi connectivity index (χ3v) is 4.10. The average Bonchev–Trinajstić information content (AvgIpc) is 2.96. The summed E-state index contributed by atoms with van der Waals surface area (Å²) >= 11 is 0. The molecular formula is C18H25NO5. The van der Waals surface area contributed by atoms with Crippen LogP contribution in [-0.4, -0.2) is 50.9 Å². The maximum atomic E-state index is 12.4. The molecular weight excluding hydrogens is 310 g/mol. The molecule has 0 amide bonds. The van der Waals surface area contributed by atoms with E-state index in [0.29, 0.717) is 12.5 Å². The zero-order chi connectivity index (χ0) is 17.6. The van der Waals surface area contributed by atoms with Gasteiger partial charge in [0, 0.05) is 12.2 Å². The fraction of sp³-hybridized carbons (Fsp3) is 0.556. The van der Waals surface area contributed by atoms with Gasteiger partial charge in [-0.15, -0.1) is 0 Å². The number of methoxy groups -OCH3 is 2. The molecule has 0 aromatic heterocycles. The van der Waals surface area contributed by atoms with Crippen LogP contribution >= 0.6 is 0 Å². The number of hydrogen-bond donors (Lipinski definition) is 0. The molecule has 0 bridgehead atoms. The molecule has 1 heterocycles. The van der Waals surface area contributed by atoms with Gasteiger partial charge in [-0.05, 0) is 37.6 Å². The number of hydrogen-bond acceptors (Lipinski definition) is 6. The standard InChI is InChI=1S/C18H25NO5/c1-5-6-11-23-12-18(17(20)22-4)13(2)24-16(19-18)14-7-9-15(21-3)10-8-14/h7-10,13H,5-6,11-12H2,1-4H3/t13-,18-/m1/s1. The number of unbranched alkanes of at least 4 members (excludes halogenated alkanes) is 1. The molecule has 0 radical (unpaired) electrons. The third kappa shape index (κ3) is 3.70. The fourth-order valence-corrected chi connectivity index (χ4v) is 2.50. The molecule has 0 fully saturated rings. The Morgan fingerprint density at radius 1 is 1.29 bits per heavy atom. The largest absolute Gasteiger partial charge is 0.497 e. The molecule has 1 aromatic carbocycles. The molecule has 6 nitrogen and oxygen atoms in total. The highest BCUT2D eigenvalue weighted by molar-refractivity contribution is 5.99. The van der Waals surface area contributed by atoms with Crippen molar-refractivity contribution in [2.24, 2.45) is 4.99 Å². The number of nitrogens with zero attached hydrogens (tertiary/aromatic N) is 1. The summed E-state index contributed by atoms with van der Waals surface area (Å²) in [6, 6.07) is 7.33. The van der Waals surface area contributed by atoms with Gasteiger partial charge in [0.2, 0.25) is 11.4 Å². The fourth-order valence-electron chi connectivity index (χ4n) is 2.50. The minimum absolute atomic E-state index is 0.139. The highest BCUT2D eigenvalue weighted by Gasteiger charge is 2.51. The Hall–Kier alpha value is -2.08.